The Morgan fingerprint density at radius 2 is 2.15 bits per heavy atom. The van der Waals surface area contributed by atoms with Crippen LogP contribution in [-0.2, 0) is 0 Å². The maximum Gasteiger partial charge on any atom is 0.323 e. The fourth-order valence-electron chi connectivity index (χ4n) is 1.72. The zero-order valence-electron chi connectivity index (χ0n) is 8.64. The molecule has 1 rings (SSSR count). The van der Waals surface area contributed by atoms with Gasteiger partial charge in [-0.05, 0) is 19.8 Å². The van der Waals surface area contributed by atoms with Gasteiger partial charge in [0.1, 0.15) is 11.4 Å². The topological polar surface area (TPSA) is 56.2 Å². The zero-order chi connectivity index (χ0) is 10.2. The van der Waals surface area contributed by atoms with Crippen LogP contribution in [-0.4, -0.2) is 28.9 Å². The SMILES string of the molecule is CCN1C(=O)NC(=N)C1(C)C(C)C. The van der Waals surface area contributed by atoms with E-state index in [1.54, 1.807) is 4.90 Å². The lowest BCUT2D eigenvalue weighted by atomic mass is 9.87. The molecule has 2 N–H and O–H groups in total. The molecule has 0 aliphatic carbocycles. The lowest BCUT2D eigenvalue weighted by molar-refractivity contribution is 0.160. The van der Waals surface area contributed by atoms with Crippen LogP contribution in [0.2, 0.25) is 0 Å². The number of hydrogen-bond donors (Lipinski definition) is 2. The molecule has 0 aromatic carbocycles. The smallest absolute Gasteiger partial charge is 0.312 e. The van der Waals surface area contributed by atoms with Crippen LogP contribution in [0.15, 0.2) is 0 Å². The Labute approximate surface area is 78.8 Å². The highest BCUT2D eigenvalue weighted by Crippen LogP contribution is 2.29. The van der Waals surface area contributed by atoms with Crippen molar-refractivity contribution in [2.24, 2.45) is 5.92 Å². The summed E-state index contributed by atoms with van der Waals surface area (Å²) in [5.41, 5.74) is -0.453. The molecule has 0 aromatic rings. The van der Waals surface area contributed by atoms with E-state index in [0.29, 0.717) is 12.4 Å². The molecule has 1 heterocycles. The summed E-state index contributed by atoms with van der Waals surface area (Å²) in [7, 11) is 0. The molecular formula is C9H17N3O. The predicted octanol–water partition coefficient (Wildman–Crippen LogP) is 1.42. The maximum atomic E-state index is 11.4. The average molecular weight is 183 g/mol. The van der Waals surface area contributed by atoms with Crippen LogP contribution >= 0.6 is 0 Å². The van der Waals surface area contributed by atoms with Crippen LogP contribution in [0.1, 0.15) is 27.7 Å². The summed E-state index contributed by atoms with van der Waals surface area (Å²) in [5.74, 6) is 0.563. The van der Waals surface area contributed by atoms with Crippen LogP contribution in [0.3, 0.4) is 0 Å². The summed E-state index contributed by atoms with van der Waals surface area (Å²) in [6.07, 6.45) is 0. The number of urea groups is 1. The van der Waals surface area contributed by atoms with Gasteiger partial charge in [-0.2, -0.15) is 0 Å². The van der Waals surface area contributed by atoms with Gasteiger partial charge in [0.2, 0.25) is 0 Å². The number of carbonyl (C=O) groups is 1. The molecule has 74 valence electrons. The molecule has 1 fully saturated rings. The second kappa shape index (κ2) is 3.01. The largest absolute Gasteiger partial charge is 0.323 e. The van der Waals surface area contributed by atoms with Gasteiger partial charge in [0.05, 0.1) is 0 Å². The number of carbonyl (C=O) groups excluding carboxylic acids is 1. The first-order valence-electron chi connectivity index (χ1n) is 4.62. The Morgan fingerprint density at radius 3 is 2.46 bits per heavy atom. The second-order valence-corrected chi connectivity index (χ2v) is 3.85. The van der Waals surface area contributed by atoms with E-state index >= 15 is 0 Å². The molecule has 0 saturated carbocycles. The van der Waals surface area contributed by atoms with E-state index in [1.807, 2.05) is 27.7 Å². The maximum absolute atomic E-state index is 11.4. The Balaban J connectivity index is 3.05. The summed E-state index contributed by atoms with van der Waals surface area (Å²) < 4.78 is 0. The van der Waals surface area contributed by atoms with Crippen molar-refractivity contribution >= 4 is 11.9 Å². The van der Waals surface area contributed by atoms with Gasteiger partial charge in [-0.3, -0.25) is 10.7 Å². The number of hydrogen-bond acceptors (Lipinski definition) is 2. The van der Waals surface area contributed by atoms with Crippen LogP contribution in [0, 0.1) is 11.3 Å². The Kier molecular flexibility index (Phi) is 2.32. The van der Waals surface area contributed by atoms with Crippen molar-refractivity contribution in [3.05, 3.63) is 0 Å². The second-order valence-electron chi connectivity index (χ2n) is 3.85. The van der Waals surface area contributed by atoms with Crippen molar-refractivity contribution < 1.29 is 4.79 Å². The minimum atomic E-state index is -0.453. The molecule has 0 bridgehead atoms. The molecule has 1 unspecified atom stereocenters. The van der Waals surface area contributed by atoms with Crippen LogP contribution in [0.5, 0.6) is 0 Å². The molecule has 4 heteroatoms. The van der Waals surface area contributed by atoms with Gasteiger partial charge in [0.25, 0.3) is 0 Å². The van der Waals surface area contributed by atoms with Crippen molar-refractivity contribution in [3.63, 3.8) is 0 Å². The first-order valence-corrected chi connectivity index (χ1v) is 4.62. The van der Waals surface area contributed by atoms with E-state index in [1.165, 1.54) is 0 Å². The zero-order valence-corrected chi connectivity index (χ0v) is 8.64. The third kappa shape index (κ3) is 1.20. The molecule has 0 aromatic heterocycles. The molecule has 2 amide bonds. The molecule has 1 atom stereocenters. The lowest BCUT2D eigenvalue weighted by Crippen LogP contribution is -2.50. The van der Waals surface area contributed by atoms with Gasteiger partial charge in [0, 0.05) is 6.54 Å². The average Bonchev–Trinajstić information content (AvgIpc) is 2.24. The third-order valence-electron chi connectivity index (χ3n) is 2.98. The van der Waals surface area contributed by atoms with Crippen LogP contribution in [0.4, 0.5) is 4.79 Å². The van der Waals surface area contributed by atoms with Crippen LogP contribution < -0.4 is 5.32 Å². The Hall–Kier alpha value is -1.06. The van der Waals surface area contributed by atoms with Crippen molar-refractivity contribution in [2.45, 2.75) is 33.2 Å². The Bertz CT molecular complexity index is 249. The summed E-state index contributed by atoms with van der Waals surface area (Å²) >= 11 is 0. The first kappa shape index (κ1) is 10.0. The monoisotopic (exact) mass is 183 g/mol. The van der Waals surface area contributed by atoms with Gasteiger partial charge in [-0.25, -0.2) is 4.79 Å². The summed E-state index contributed by atoms with van der Waals surface area (Å²) in [6.45, 7) is 8.55. The highest BCUT2D eigenvalue weighted by atomic mass is 16.2. The van der Waals surface area contributed by atoms with Gasteiger partial charge in [-0.1, -0.05) is 13.8 Å². The molecule has 1 aliphatic rings. The number of likely N-dealkylation sites (N-methyl/N-ethyl adjacent to an activating group) is 1. The summed E-state index contributed by atoms with van der Waals surface area (Å²) in [4.78, 5) is 13.1. The van der Waals surface area contributed by atoms with Gasteiger partial charge >= 0.3 is 6.03 Å². The normalized spacial score (nSPS) is 28.5. The predicted molar refractivity (Wildman–Crippen MR) is 51.9 cm³/mol. The third-order valence-corrected chi connectivity index (χ3v) is 2.98. The van der Waals surface area contributed by atoms with E-state index in [2.05, 4.69) is 5.32 Å². The van der Waals surface area contributed by atoms with Gasteiger partial charge in [-0.15, -0.1) is 0 Å². The molecule has 4 nitrogen and oxygen atoms in total. The fraction of sp³-hybridized carbons (Fsp3) is 0.778. The van der Waals surface area contributed by atoms with Crippen molar-refractivity contribution in [2.75, 3.05) is 6.54 Å². The standard InChI is InChI=1S/C9H17N3O/c1-5-12-8(13)11-7(10)9(12,4)6(2)3/h6H,5H2,1-4H3,(H2,10,11,13). The number of rotatable bonds is 2. The van der Waals surface area contributed by atoms with E-state index < -0.39 is 5.54 Å². The number of amides is 2. The van der Waals surface area contributed by atoms with E-state index in [-0.39, 0.29) is 11.9 Å². The molecule has 1 aliphatic heterocycles. The molecule has 13 heavy (non-hydrogen) atoms. The number of nitrogens with one attached hydrogen (secondary N) is 2. The lowest BCUT2D eigenvalue weighted by Gasteiger charge is -2.35. The fourth-order valence-corrected chi connectivity index (χ4v) is 1.72. The van der Waals surface area contributed by atoms with Gasteiger partial charge in [0.15, 0.2) is 0 Å². The first-order chi connectivity index (χ1) is 5.94. The highest BCUT2D eigenvalue weighted by Gasteiger charge is 2.47. The number of nitrogens with zero attached hydrogens (tertiary/aromatic N) is 1. The minimum Gasteiger partial charge on any atom is -0.312 e. The molecule has 1 saturated heterocycles. The quantitative estimate of drug-likeness (QED) is 0.668. The molecule has 0 radical (unpaired) electrons. The van der Waals surface area contributed by atoms with Crippen molar-refractivity contribution in [3.8, 4) is 0 Å². The summed E-state index contributed by atoms with van der Waals surface area (Å²) in [6, 6.07) is -0.149. The van der Waals surface area contributed by atoms with Crippen molar-refractivity contribution in [1.82, 2.24) is 10.2 Å². The number of amidine groups is 1. The van der Waals surface area contributed by atoms with E-state index in [9.17, 15) is 4.79 Å². The Morgan fingerprint density at radius 1 is 1.62 bits per heavy atom. The molecular weight excluding hydrogens is 166 g/mol. The van der Waals surface area contributed by atoms with E-state index in [0.717, 1.165) is 0 Å². The van der Waals surface area contributed by atoms with Gasteiger partial charge < -0.3 is 4.90 Å². The van der Waals surface area contributed by atoms with E-state index in [4.69, 9.17) is 5.41 Å². The summed E-state index contributed by atoms with van der Waals surface area (Å²) in [5, 5.41) is 10.3. The van der Waals surface area contributed by atoms with Crippen LogP contribution in [0.25, 0.3) is 0 Å². The van der Waals surface area contributed by atoms with Crippen molar-refractivity contribution in [1.29, 1.82) is 5.41 Å². The molecule has 0 spiro atoms. The minimum absolute atomic E-state index is 0.149. The highest BCUT2D eigenvalue weighted by molar-refractivity contribution is 6.08.